The van der Waals surface area contributed by atoms with Crippen molar-refractivity contribution < 1.29 is 115 Å². The van der Waals surface area contributed by atoms with Gasteiger partial charge in [0, 0.05) is 17.0 Å². The Labute approximate surface area is 463 Å². The van der Waals surface area contributed by atoms with Crippen LogP contribution in [0.25, 0.3) is 21.7 Å². The number of ether oxygens (including phenoxy) is 1. The van der Waals surface area contributed by atoms with Gasteiger partial charge in [0.15, 0.2) is 6.54 Å². The van der Waals surface area contributed by atoms with Crippen LogP contribution in [-0.2, 0) is 56.0 Å². The minimum atomic E-state index is -6.13. The minimum Gasteiger partial charge on any atom is -0.405 e. The Morgan fingerprint density at radius 3 is 0.918 bits per heavy atom. The number of pyridine rings is 1. The van der Waals surface area contributed by atoms with Crippen LogP contribution in [0.2, 0.25) is 0 Å². The zero-order chi connectivity index (χ0) is 62.7. The van der Waals surface area contributed by atoms with Gasteiger partial charge in [-0.15, -0.1) is 0 Å². The predicted octanol–water partition coefficient (Wildman–Crippen LogP) is 17.3. The molecule has 0 atom stereocenters. The highest BCUT2D eigenvalue weighted by Crippen LogP contribution is 2.42. The number of nitrogens with zero attached hydrogens (tertiary/aromatic N) is 1. The number of halogens is 24. The molecular formula is C58H32BF24NO. The second kappa shape index (κ2) is 22.2. The zero-order valence-electron chi connectivity index (χ0n) is 42.0. The van der Waals surface area contributed by atoms with Gasteiger partial charge in [-0.25, -0.2) is 0 Å². The van der Waals surface area contributed by atoms with Gasteiger partial charge in [0.2, 0.25) is 5.52 Å². The molecule has 0 saturated heterocycles. The number of rotatable bonds is 8. The number of benzene rings is 8. The number of para-hydroxylation sites is 1. The molecule has 0 fully saturated rings. The van der Waals surface area contributed by atoms with Gasteiger partial charge in [-0.3, -0.25) is 0 Å². The largest absolute Gasteiger partial charge is 0.416 e. The van der Waals surface area contributed by atoms with Crippen LogP contribution in [0, 0.1) is 0 Å². The van der Waals surface area contributed by atoms with E-state index in [-0.39, 0.29) is 0 Å². The molecule has 0 bridgehead atoms. The van der Waals surface area contributed by atoms with Crippen molar-refractivity contribution in [1.82, 2.24) is 0 Å². The Bertz CT molecular complexity index is 3470. The van der Waals surface area contributed by atoms with E-state index in [1.165, 1.54) is 21.7 Å². The van der Waals surface area contributed by atoms with Crippen LogP contribution in [-0.4, -0.2) is 6.15 Å². The summed E-state index contributed by atoms with van der Waals surface area (Å²) in [7, 11) is 0. The normalized spacial score (nSPS) is 13.2. The molecule has 1 aromatic heterocycles. The minimum absolute atomic E-state index is 0.691. The van der Waals surface area contributed by atoms with Crippen molar-refractivity contribution in [3.05, 3.63) is 232 Å². The molecule has 27 heteroatoms. The fourth-order valence-electron chi connectivity index (χ4n) is 9.68. The lowest BCUT2D eigenvalue weighted by atomic mass is 9.12. The molecule has 0 spiro atoms. The number of hydrogen-bond acceptors (Lipinski definition) is 1. The Kier molecular flexibility index (Phi) is 16.4. The Morgan fingerprint density at radius 2 is 0.576 bits per heavy atom. The molecule has 9 aromatic rings. The molecule has 0 radical (unpaired) electrons. The molecule has 0 amide bonds. The second-order valence-electron chi connectivity index (χ2n) is 19.1. The lowest BCUT2D eigenvalue weighted by molar-refractivity contribution is -0.666. The van der Waals surface area contributed by atoms with Crippen molar-refractivity contribution in [3.63, 3.8) is 0 Å². The maximum absolute atomic E-state index is 14.2. The summed E-state index contributed by atoms with van der Waals surface area (Å²) in [6.07, 6.45) is -54.8. The first-order chi connectivity index (χ1) is 39.1. The molecule has 0 N–H and O–H groups in total. The number of aromatic nitrogens is 1. The average Bonchev–Trinajstić information content (AvgIpc) is 0.777. The van der Waals surface area contributed by atoms with Crippen LogP contribution in [0.4, 0.5) is 105 Å². The van der Waals surface area contributed by atoms with E-state index in [4.69, 9.17) is 4.74 Å². The van der Waals surface area contributed by atoms with Crippen molar-refractivity contribution in [1.29, 1.82) is 0 Å². The quantitative estimate of drug-likeness (QED) is 0.0840. The molecule has 0 saturated carbocycles. The summed E-state index contributed by atoms with van der Waals surface area (Å²) in [6.45, 7) is 0.755. The lowest BCUT2D eigenvalue weighted by Gasteiger charge is -2.46. The Balaban J connectivity index is 0.000000276. The summed E-state index contributed by atoms with van der Waals surface area (Å²) in [5, 5.41) is 3.59. The number of hydrogen-bond donors (Lipinski definition) is 0. The van der Waals surface area contributed by atoms with Gasteiger partial charge in [0.1, 0.15) is 11.9 Å². The van der Waals surface area contributed by atoms with Gasteiger partial charge in [-0.2, -0.15) is 132 Å². The van der Waals surface area contributed by atoms with Crippen LogP contribution >= 0.6 is 0 Å². The van der Waals surface area contributed by atoms with E-state index in [2.05, 4.69) is 102 Å². The van der Waals surface area contributed by atoms with E-state index >= 15 is 0 Å². The fraction of sp³-hybridized carbons (Fsp3) is 0.155. The van der Waals surface area contributed by atoms with Crippen LogP contribution in [0.15, 0.2) is 182 Å². The molecule has 446 valence electrons. The molecule has 8 aromatic carbocycles. The van der Waals surface area contributed by atoms with Crippen LogP contribution in [0.1, 0.15) is 50.1 Å². The van der Waals surface area contributed by atoms with Crippen molar-refractivity contribution in [3.8, 4) is 11.6 Å². The van der Waals surface area contributed by atoms with Gasteiger partial charge >= 0.3 is 55.3 Å². The number of fused-ring (bicyclic) bond motifs is 2. The zero-order valence-corrected chi connectivity index (χ0v) is 42.0. The van der Waals surface area contributed by atoms with Gasteiger partial charge in [-0.1, -0.05) is 121 Å². The molecule has 9 rings (SSSR count). The van der Waals surface area contributed by atoms with Gasteiger partial charge in [0.05, 0.1) is 50.6 Å². The molecule has 0 aliphatic carbocycles. The second-order valence-corrected chi connectivity index (χ2v) is 19.1. The smallest absolute Gasteiger partial charge is 0.405 e. The third kappa shape index (κ3) is 13.9. The summed E-state index contributed by atoms with van der Waals surface area (Å²) in [6, 6.07) is 28.8. The highest BCUT2D eigenvalue weighted by Gasteiger charge is 2.47. The Hall–Kier alpha value is -8.39. The van der Waals surface area contributed by atoms with E-state index in [1.807, 2.05) is 12.1 Å². The molecular weight excluding hydrogens is 1190 g/mol. The molecule has 2 nitrogen and oxygen atoms in total. The maximum atomic E-state index is 14.2. The molecule has 0 aliphatic rings. The van der Waals surface area contributed by atoms with E-state index < -0.39 is 195 Å². The number of alkyl halides is 24. The summed E-state index contributed by atoms with van der Waals surface area (Å²) in [5.41, 5.74) is -27.8. The van der Waals surface area contributed by atoms with Gasteiger partial charge in [0.25, 0.3) is 0 Å². The van der Waals surface area contributed by atoms with E-state index in [0.717, 1.165) is 23.7 Å². The molecule has 0 aliphatic heterocycles. The molecule has 1 heterocycles. The van der Waals surface area contributed by atoms with Gasteiger partial charge in [-0.05, 0) is 59.3 Å². The maximum Gasteiger partial charge on any atom is 0.416 e. The highest BCUT2D eigenvalue weighted by molar-refractivity contribution is 7.20. The predicted molar refractivity (Wildman–Crippen MR) is 264 cm³/mol. The standard InChI is InChI=1S/C32H12BF24.C26H20NO/c34-25(35,36)13-1-14(26(37,38)39)6-21(5-13)33(22-7-15(27(40,41)42)2-16(8-22)28(43,44)45,23-9-17(29(46,47)48)3-18(10-23)30(49,50)51)24-11-19(31(52,53)54)4-20(12-24)32(55,56)57;1-2-8-20(9-3-1)19-27-25-13-7-6-11-22(25)15-17-26(27)28-24-16-14-21-10-4-5-12-23(21)18-24/h1-12H;1-18H,19H2/q-1;+1. The van der Waals surface area contributed by atoms with Crippen LogP contribution in [0.5, 0.6) is 11.6 Å². The topological polar surface area (TPSA) is 13.1 Å². The summed E-state index contributed by atoms with van der Waals surface area (Å²) in [5.74, 6) is 1.67. The lowest BCUT2D eigenvalue weighted by Crippen LogP contribution is -2.75. The van der Waals surface area contributed by atoms with Crippen molar-refractivity contribution in [2.45, 2.75) is 56.0 Å². The third-order valence-electron chi connectivity index (χ3n) is 13.5. The van der Waals surface area contributed by atoms with Crippen LogP contribution in [0.3, 0.4) is 0 Å². The first kappa shape index (κ1) is 62.7. The van der Waals surface area contributed by atoms with Crippen molar-refractivity contribution >= 4 is 49.7 Å². The summed E-state index contributed by atoms with van der Waals surface area (Å²) >= 11 is 0. The first-order valence-electron chi connectivity index (χ1n) is 24.1. The van der Waals surface area contributed by atoms with E-state index in [0.29, 0.717) is 0 Å². The van der Waals surface area contributed by atoms with Gasteiger partial charge < -0.3 is 4.74 Å². The monoisotopic (exact) mass is 1230 g/mol. The summed E-state index contributed by atoms with van der Waals surface area (Å²) in [4.78, 5) is 0. The highest BCUT2D eigenvalue weighted by atomic mass is 19.4. The first-order valence-corrected chi connectivity index (χ1v) is 24.1. The Morgan fingerprint density at radius 1 is 0.282 bits per heavy atom. The van der Waals surface area contributed by atoms with Crippen LogP contribution < -0.4 is 31.2 Å². The van der Waals surface area contributed by atoms with Crippen molar-refractivity contribution in [2.75, 3.05) is 0 Å². The summed E-state index contributed by atoms with van der Waals surface area (Å²) < 4.78 is 349. The fourth-order valence-corrected chi connectivity index (χ4v) is 9.68. The molecule has 0 unspecified atom stereocenters. The van der Waals surface area contributed by atoms with E-state index in [9.17, 15) is 105 Å². The average molecular weight is 1230 g/mol. The van der Waals surface area contributed by atoms with Crippen molar-refractivity contribution in [2.24, 2.45) is 0 Å². The van der Waals surface area contributed by atoms with E-state index in [1.54, 1.807) is 0 Å². The third-order valence-corrected chi connectivity index (χ3v) is 13.5. The SMILES string of the molecule is FC(F)(F)c1cc([B-](c2cc(C(F)(F)F)cc(C(F)(F)F)c2)(c2cc(C(F)(F)F)cc(C(F)(F)F)c2)c2cc(C(F)(F)F)cc(C(F)(F)F)c2)cc(C(F)(F)F)c1.c1ccc(C[n+]2c(Oc3ccc4ccccc4c3)ccc3ccccc32)cc1. The molecule has 85 heavy (non-hydrogen) atoms.